The topological polar surface area (TPSA) is 110 Å². The van der Waals surface area contributed by atoms with Crippen LogP contribution >= 0.6 is 0 Å². The molecule has 5 nitrogen and oxygen atoms in total. The van der Waals surface area contributed by atoms with Gasteiger partial charge in [-0.1, -0.05) is 0 Å². The summed E-state index contributed by atoms with van der Waals surface area (Å²) < 4.78 is 13.4. The summed E-state index contributed by atoms with van der Waals surface area (Å²) in [6, 6.07) is 2.28. The Morgan fingerprint density at radius 3 is 2.50 bits per heavy atom. The van der Waals surface area contributed by atoms with Crippen LogP contribution < -0.4 is 11.5 Å². The van der Waals surface area contributed by atoms with E-state index in [4.69, 9.17) is 11.5 Å². The van der Waals surface area contributed by atoms with E-state index in [9.17, 15) is 19.4 Å². The van der Waals surface area contributed by atoms with Crippen LogP contribution in [0.25, 0.3) is 0 Å². The van der Waals surface area contributed by atoms with Crippen molar-refractivity contribution in [3.05, 3.63) is 29.1 Å². The van der Waals surface area contributed by atoms with E-state index in [1.54, 1.807) is 6.92 Å². The van der Waals surface area contributed by atoms with E-state index in [-0.39, 0.29) is 11.3 Å². The number of primary amides is 1. The van der Waals surface area contributed by atoms with Crippen LogP contribution in [0.5, 0.6) is 0 Å². The minimum atomic E-state index is -1.86. The van der Waals surface area contributed by atoms with Crippen LogP contribution in [0, 0.1) is 12.7 Å². The third-order valence-corrected chi connectivity index (χ3v) is 2.29. The van der Waals surface area contributed by atoms with Crippen LogP contribution in [0.3, 0.4) is 0 Å². The fourth-order valence-electron chi connectivity index (χ4n) is 1.26. The number of rotatable bonds is 3. The molecule has 2 unspecified atom stereocenters. The van der Waals surface area contributed by atoms with Gasteiger partial charge in [-0.2, -0.15) is 0 Å². The number of carbonyl (C=O) groups is 1. The zero-order valence-corrected chi connectivity index (χ0v) is 8.64. The van der Waals surface area contributed by atoms with Crippen LogP contribution in [0.4, 0.5) is 10.1 Å². The number of amides is 1. The first-order valence-corrected chi connectivity index (χ1v) is 4.55. The van der Waals surface area contributed by atoms with Crippen molar-refractivity contribution in [1.29, 1.82) is 0 Å². The van der Waals surface area contributed by atoms with Gasteiger partial charge in [0.15, 0.2) is 6.10 Å². The summed E-state index contributed by atoms with van der Waals surface area (Å²) in [5.74, 6) is -1.88. The molecule has 2 atom stereocenters. The first kappa shape index (κ1) is 12.4. The van der Waals surface area contributed by atoms with E-state index in [1.165, 1.54) is 6.07 Å². The second-order valence-corrected chi connectivity index (χ2v) is 3.52. The van der Waals surface area contributed by atoms with E-state index in [2.05, 4.69) is 0 Å². The summed E-state index contributed by atoms with van der Waals surface area (Å²) >= 11 is 0. The van der Waals surface area contributed by atoms with E-state index in [0.717, 1.165) is 6.07 Å². The molecule has 1 aromatic rings. The molecule has 0 radical (unpaired) electrons. The molecule has 0 fully saturated rings. The van der Waals surface area contributed by atoms with Gasteiger partial charge in [0, 0.05) is 11.3 Å². The lowest BCUT2D eigenvalue weighted by molar-refractivity contribution is -0.132. The number of aliphatic hydroxyl groups excluding tert-OH is 2. The van der Waals surface area contributed by atoms with Crippen molar-refractivity contribution >= 4 is 11.6 Å². The van der Waals surface area contributed by atoms with E-state index in [1.807, 2.05) is 0 Å². The quantitative estimate of drug-likeness (QED) is 0.527. The summed E-state index contributed by atoms with van der Waals surface area (Å²) in [7, 11) is 0. The van der Waals surface area contributed by atoms with Gasteiger partial charge in [-0.15, -0.1) is 0 Å². The highest BCUT2D eigenvalue weighted by Gasteiger charge is 2.26. The summed E-state index contributed by atoms with van der Waals surface area (Å²) in [6.45, 7) is 1.60. The Bertz CT molecular complexity index is 423. The first-order valence-electron chi connectivity index (χ1n) is 4.55. The highest BCUT2D eigenvalue weighted by Crippen LogP contribution is 2.24. The maximum atomic E-state index is 13.4. The highest BCUT2D eigenvalue weighted by atomic mass is 19.1. The monoisotopic (exact) mass is 228 g/mol. The van der Waals surface area contributed by atoms with Gasteiger partial charge < -0.3 is 21.7 Å². The Balaban J connectivity index is 3.13. The fourth-order valence-corrected chi connectivity index (χ4v) is 1.26. The third-order valence-electron chi connectivity index (χ3n) is 2.29. The largest absolute Gasteiger partial charge is 0.399 e. The molecule has 1 aromatic carbocycles. The van der Waals surface area contributed by atoms with Crippen LogP contribution in [-0.4, -0.2) is 22.2 Å². The number of hydrogen-bond donors (Lipinski definition) is 4. The molecule has 0 saturated heterocycles. The smallest absolute Gasteiger partial charge is 0.249 e. The van der Waals surface area contributed by atoms with Crippen LogP contribution in [0.1, 0.15) is 17.2 Å². The molecular weight excluding hydrogens is 215 g/mol. The van der Waals surface area contributed by atoms with E-state index >= 15 is 0 Å². The maximum absolute atomic E-state index is 13.4. The molecule has 16 heavy (non-hydrogen) atoms. The third kappa shape index (κ3) is 2.29. The maximum Gasteiger partial charge on any atom is 0.249 e. The molecule has 88 valence electrons. The Kier molecular flexibility index (Phi) is 3.46. The minimum absolute atomic E-state index is 0.255. The van der Waals surface area contributed by atoms with Gasteiger partial charge in [-0.25, -0.2) is 4.39 Å². The van der Waals surface area contributed by atoms with Crippen molar-refractivity contribution in [3.63, 3.8) is 0 Å². The predicted molar refractivity (Wildman–Crippen MR) is 55.7 cm³/mol. The number of aryl methyl sites for hydroxylation is 1. The second kappa shape index (κ2) is 4.46. The van der Waals surface area contributed by atoms with Gasteiger partial charge in [-0.05, 0) is 24.6 Å². The summed E-state index contributed by atoms with van der Waals surface area (Å²) in [4.78, 5) is 10.6. The SMILES string of the molecule is Cc1cc(F)c(C(O)C(O)C(N)=O)cc1N. The molecule has 6 N–H and O–H groups in total. The highest BCUT2D eigenvalue weighted by molar-refractivity contribution is 5.79. The lowest BCUT2D eigenvalue weighted by atomic mass is 10.0. The van der Waals surface area contributed by atoms with Gasteiger partial charge in [0.2, 0.25) is 5.91 Å². The van der Waals surface area contributed by atoms with Crippen LogP contribution in [0.15, 0.2) is 12.1 Å². The average molecular weight is 228 g/mol. The normalized spacial score (nSPS) is 14.5. The first-order chi connectivity index (χ1) is 7.34. The number of aliphatic hydroxyl groups is 2. The molecule has 0 aliphatic rings. The number of benzene rings is 1. The van der Waals surface area contributed by atoms with Crippen molar-refractivity contribution in [3.8, 4) is 0 Å². The van der Waals surface area contributed by atoms with Crippen molar-refractivity contribution in [1.82, 2.24) is 0 Å². The van der Waals surface area contributed by atoms with Gasteiger partial charge in [-0.3, -0.25) is 4.79 Å². The molecular formula is C10H13FN2O3. The minimum Gasteiger partial charge on any atom is -0.399 e. The van der Waals surface area contributed by atoms with Crippen molar-refractivity contribution in [2.45, 2.75) is 19.1 Å². The van der Waals surface area contributed by atoms with Crippen molar-refractivity contribution in [2.24, 2.45) is 5.73 Å². The lowest BCUT2D eigenvalue weighted by Gasteiger charge is -2.17. The molecule has 0 heterocycles. The molecule has 0 spiro atoms. The predicted octanol–water partition coefficient (Wildman–Crippen LogP) is -0.404. The molecule has 0 aromatic heterocycles. The number of hydrogen-bond acceptors (Lipinski definition) is 4. The zero-order chi connectivity index (χ0) is 12.5. The average Bonchev–Trinajstić information content (AvgIpc) is 2.21. The Labute approximate surface area is 91.5 Å². The van der Waals surface area contributed by atoms with Gasteiger partial charge >= 0.3 is 0 Å². The Hall–Kier alpha value is -1.66. The molecule has 6 heteroatoms. The molecule has 0 saturated carbocycles. The van der Waals surface area contributed by atoms with Crippen molar-refractivity contribution < 1.29 is 19.4 Å². The Morgan fingerprint density at radius 1 is 1.44 bits per heavy atom. The van der Waals surface area contributed by atoms with Gasteiger partial charge in [0.05, 0.1) is 0 Å². The molecule has 0 aliphatic carbocycles. The lowest BCUT2D eigenvalue weighted by Crippen LogP contribution is -2.34. The number of nitrogen functional groups attached to an aromatic ring is 1. The number of halogens is 1. The fraction of sp³-hybridized carbons (Fsp3) is 0.300. The second-order valence-electron chi connectivity index (χ2n) is 3.52. The molecule has 1 rings (SSSR count). The van der Waals surface area contributed by atoms with Gasteiger partial charge in [0.25, 0.3) is 0 Å². The number of carbonyl (C=O) groups excluding carboxylic acids is 1. The summed E-state index contributed by atoms with van der Waals surface area (Å²) in [6.07, 6.45) is -3.59. The standard InChI is InChI=1S/C10H13FN2O3/c1-4-2-6(11)5(3-7(4)12)8(14)9(15)10(13)16/h2-3,8-9,14-15H,12H2,1H3,(H2,13,16). The van der Waals surface area contributed by atoms with E-state index < -0.39 is 23.9 Å². The number of anilines is 1. The Morgan fingerprint density at radius 2 is 2.00 bits per heavy atom. The van der Waals surface area contributed by atoms with Gasteiger partial charge in [0.1, 0.15) is 11.9 Å². The molecule has 0 aliphatic heterocycles. The zero-order valence-electron chi connectivity index (χ0n) is 8.64. The number of nitrogens with two attached hydrogens (primary N) is 2. The van der Waals surface area contributed by atoms with Crippen molar-refractivity contribution in [2.75, 3.05) is 5.73 Å². The molecule has 0 bridgehead atoms. The van der Waals surface area contributed by atoms with Crippen LogP contribution in [0.2, 0.25) is 0 Å². The van der Waals surface area contributed by atoms with E-state index in [0.29, 0.717) is 5.56 Å². The molecule has 1 amide bonds. The summed E-state index contributed by atoms with van der Waals surface area (Å²) in [5, 5.41) is 18.7. The van der Waals surface area contributed by atoms with Crippen LogP contribution in [-0.2, 0) is 4.79 Å². The summed E-state index contributed by atoms with van der Waals surface area (Å²) in [5.41, 5.74) is 10.8.